The zero-order chi connectivity index (χ0) is 45.9. The molecule has 0 aromatic heterocycles. The maximum Gasteiger partial charge on any atom is 0.252 e. The molecule has 4 heterocycles. The largest absolute Gasteiger partial charge is 0.335 e. The molecule has 0 saturated heterocycles. The van der Waals surface area contributed by atoms with Gasteiger partial charge < -0.3 is 14.7 Å². The first-order valence-electron chi connectivity index (χ1n) is 25.3. The van der Waals surface area contributed by atoms with Gasteiger partial charge in [-0.1, -0.05) is 166 Å². The molecule has 4 heteroatoms. The Hall–Kier alpha value is -6.78. The summed E-state index contributed by atoms with van der Waals surface area (Å²) in [6.45, 7) is 15.3. The maximum atomic E-state index is 2.94. The normalized spacial score (nSPS) is 24.4. The lowest BCUT2D eigenvalue weighted by atomic mass is 9.32. The van der Waals surface area contributed by atoms with Crippen LogP contribution in [0.1, 0.15) is 93.2 Å². The van der Waals surface area contributed by atoms with Crippen LogP contribution in [0.4, 0.5) is 39.8 Å². The average molecular weight is 880 g/mol. The number of hydrogen-bond donors (Lipinski definition) is 0. The van der Waals surface area contributed by atoms with E-state index in [0.29, 0.717) is 0 Å². The molecule has 332 valence electrons. The third-order valence-corrected chi connectivity index (χ3v) is 18.8. The summed E-state index contributed by atoms with van der Waals surface area (Å²) < 4.78 is 0. The Kier molecular flexibility index (Phi) is 8.25. The third kappa shape index (κ3) is 4.96. The summed E-state index contributed by atoms with van der Waals surface area (Å²) >= 11 is 0. The second-order valence-electron chi connectivity index (χ2n) is 21.9. The van der Waals surface area contributed by atoms with Crippen LogP contribution in [0.15, 0.2) is 170 Å². The lowest BCUT2D eigenvalue weighted by Gasteiger charge is -2.54. The number of rotatable bonds is 4. The Labute approximate surface area is 403 Å². The van der Waals surface area contributed by atoms with Gasteiger partial charge in [0.15, 0.2) is 0 Å². The summed E-state index contributed by atoms with van der Waals surface area (Å²) in [5.74, 6) is 0. The smallest absolute Gasteiger partial charge is 0.252 e. The summed E-state index contributed by atoms with van der Waals surface area (Å²) in [6, 6.07) is 65.2. The lowest BCUT2D eigenvalue weighted by molar-refractivity contribution is 0.194. The summed E-state index contributed by atoms with van der Waals surface area (Å²) in [5.41, 5.74) is 26.8. The van der Waals surface area contributed by atoms with E-state index in [-0.39, 0.29) is 28.6 Å². The minimum absolute atomic E-state index is 0.00171. The van der Waals surface area contributed by atoms with Crippen LogP contribution in [-0.4, -0.2) is 12.3 Å². The Morgan fingerprint density at radius 2 is 1.09 bits per heavy atom. The Balaban J connectivity index is 1.11. The van der Waals surface area contributed by atoms with Gasteiger partial charge in [0.2, 0.25) is 0 Å². The number of fused-ring (bicyclic) bond motifs is 12. The molecule has 2 aliphatic carbocycles. The third-order valence-electron chi connectivity index (χ3n) is 18.8. The zero-order valence-electron chi connectivity index (χ0n) is 40.3. The quantitative estimate of drug-likeness (QED) is 0.163. The monoisotopic (exact) mass is 879 g/mol. The fraction of sp³-hybridized carbons (Fsp3) is 0.250. The van der Waals surface area contributed by atoms with Gasteiger partial charge in [-0.2, -0.15) is 0 Å². The van der Waals surface area contributed by atoms with Crippen LogP contribution in [0.3, 0.4) is 0 Å². The fourth-order valence-corrected chi connectivity index (χ4v) is 15.3. The van der Waals surface area contributed by atoms with E-state index in [9.17, 15) is 0 Å². The summed E-state index contributed by atoms with van der Waals surface area (Å²) in [6.07, 6.45) is 7.05. The van der Waals surface area contributed by atoms with Crippen molar-refractivity contribution < 1.29 is 0 Å². The molecule has 8 aromatic rings. The number of benzene rings is 8. The van der Waals surface area contributed by atoms with Crippen molar-refractivity contribution in [1.82, 2.24) is 0 Å². The number of nitrogens with zero attached hydrogens (tertiary/aromatic N) is 3. The molecule has 68 heavy (non-hydrogen) atoms. The minimum Gasteiger partial charge on any atom is -0.335 e. The molecule has 1 saturated carbocycles. The van der Waals surface area contributed by atoms with E-state index in [1.54, 1.807) is 5.56 Å². The number of anilines is 7. The van der Waals surface area contributed by atoms with Crippen molar-refractivity contribution in [3.63, 3.8) is 0 Å². The predicted molar refractivity (Wildman–Crippen MR) is 287 cm³/mol. The van der Waals surface area contributed by atoms with Crippen LogP contribution in [0.2, 0.25) is 0 Å². The van der Waals surface area contributed by atoms with E-state index in [1.165, 1.54) is 126 Å². The Morgan fingerprint density at radius 3 is 1.85 bits per heavy atom. The molecule has 14 rings (SSSR count). The van der Waals surface area contributed by atoms with Crippen molar-refractivity contribution in [3.05, 3.63) is 203 Å². The first-order chi connectivity index (χ1) is 33.0. The second kappa shape index (κ2) is 13.9. The van der Waals surface area contributed by atoms with E-state index >= 15 is 0 Å². The summed E-state index contributed by atoms with van der Waals surface area (Å²) in [7, 11) is 0. The molecule has 0 bridgehead atoms. The number of para-hydroxylation sites is 1. The standard InChI is InChI=1S/C64H58BN3/c1-41-37-42(2)58-60-57(41)62(4)34-17-18-35-63(62,5)68(60)56-40-49(67-53-26-16-15-25-51(53)61(3)36-33-46-23-13-14-24-50(46)64(61,67)6)39-55-59(56)65(58)52-38-47(44-21-11-8-12-22-44)29-32-54(52)66(55)48-30-27-45(28-31-48)43-19-9-7-10-20-43/h7-16,19-32,37-40H,17-18,33-36H2,1-6H3. The van der Waals surface area contributed by atoms with Crippen molar-refractivity contribution in [2.75, 3.05) is 14.7 Å². The van der Waals surface area contributed by atoms with Gasteiger partial charge in [-0.15, -0.1) is 0 Å². The van der Waals surface area contributed by atoms with E-state index in [1.807, 2.05) is 0 Å². The van der Waals surface area contributed by atoms with Crippen molar-refractivity contribution >= 4 is 62.9 Å². The Bertz CT molecular complexity index is 3420. The first kappa shape index (κ1) is 40.3. The van der Waals surface area contributed by atoms with Gasteiger partial charge in [0.05, 0.1) is 11.1 Å². The molecule has 4 aliphatic heterocycles. The molecule has 4 atom stereocenters. The van der Waals surface area contributed by atoms with Crippen molar-refractivity contribution in [2.24, 2.45) is 0 Å². The van der Waals surface area contributed by atoms with Gasteiger partial charge in [-0.05, 0) is 156 Å². The zero-order valence-corrected chi connectivity index (χ0v) is 40.3. The van der Waals surface area contributed by atoms with E-state index in [2.05, 4.69) is 226 Å². The van der Waals surface area contributed by atoms with E-state index in [0.717, 1.165) is 19.3 Å². The topological polar surface area (TPSA) is 9.72 Å². The first-order valence-corrected chi connectivity index (χ1v) is 25.3. The minimum atomic E-state index is -0.329. The fourth-order valence-electron chi connectivity index (χ4n) is 15.3. The van der Waals surface area contributed by atoms with Gasteiger partial charge in [0.1, 0.15) is 0 Å². The van der Waals surface area contributed by atoms with Gasteiger partial charge in [0, 0.05) is 50.6 Å². The van der Waals surface area contributed by atoms with Crippen LogP contribution >= 0.6 is 0 Å². The van der Waals surface area contributed by atoms with E-state index in [4.69, 9.17) is 0 Å². The van der Waals surface area contributed by atoms with Crippen LogP contribution in [0.5, 0.6) is 0 Å². The molecule has 0 amide bonds. The molecule has 4 unspecified atom stereocenters. The van der Waals surface area contributed by atoms with Gasteiger partial charge in [-0.3, -0.25) is 0 Å². The van der Waals surface area contributed by atoms with Crippen LogP contribution in [0.25, 0.3) is 22.3 Å². The van der Waals surface area contributed by atoms with Crippen molar-refractivity contribution in [2.45, 2.75) is 102 Å². The number of aryl methyl sites for hydroxylation is 3. The molecule has 0 radical (unpaired) electrons. The predicted octanol–water partition coefficient (Wildman–Crippen LogP) is 14.3. The molecule has 0 spiro atoms. The highest BCUT2D eigenvalue weighted by Gasteiger charge is 2.64. The molecule has 8 aromatic carbocycles. The van der Waals surface area contributed by atoms with E-state index < -0.39 is 0 Å². The molecule has 3 nitrogen and oxygen atoms in total. The summed E-state index contributed by atoms with van der Waals surface area (Å²) in [4.78, 5) is 8.38. The average Bonchev–Trinajstić information content (AvgIpc) is 3.72. The molecule has 1 fully saturated rings. The molecular weight excluding hydrogens is 822 g/mol. The maximum absolute atomic E-state index is 2.94. The molecular formula is C64H58BN3. The van der Waals surface area contributed by atoms with Crippen LogP contribution < -0.4 is 31.1 Å². The number of hydrogen-bond acceptors (Lipinski definition) is 3. The SMILES string of the molecule is Cc1cc(C)c2c3c1B1c4cc(-c5ccccc5)ccc4N(c4ccc(-c5ccccc5)cc4)c4cc(N5c6ccccc6C6(C)CCc7ccccc7C56C)cc(c41)N3C1(C)CCCCC21C. The highest BCUT2D eigenvalue weighted by Crippen LogP contribution is 2.66. The van der Waals surface area contributed by atoms with Crippen LogP contribution in [-0.2, 0) is 22.8 Å². The van der Waals surface area contributed by atoms with Crippen LogP contribution in [0, 0.1) is 13.8 Å². The van der Waals surface area contributed by atoms with Gasteiger partial charge in [0.25, 0.3) is 6.71 Å². The van der Waals surface area contributed by atoms with Gasteiger partial charge in [-0.25, -0.2) is 0 Å². The summed E-state index contributed by atoms with van der Waals surface area (Å²) in [5, 5.41) is 0. The Morgan fingerprint density at radius 1 is 0.456 bits per heavy atom. The second-order valence-corrected chi connectivity index (χ2v) is 21.9. The highest BCUT2D eigenvalue weighted by molar-refractivity contribution is 7.00. The van der Waals surface area contributed by atoms with Crippen molar-refractivity contribution in [3.8, 4) is 22.3 Å². The molecule has 6 aliphatic rings. The van der Waals surface area contributed by atoms with Gasteiger partial charge >= 0.3 is 0 Å². The highest BCUT2D eigenvalue weighted by atomic mass is 15.3. The lowest BCUT2D eigenvalue weighted by Crippen LogP contribution is -2.65. The molecule has 0 N–H and O–H groups in total. The van der Waals surface area contributed by atoms with Crippen molar-refractivity contribution in [1.29, 1.82) is 0 Å².